The van der Waals surface area contributed by atoms with Gasteiger partial charge in [-0.1, -0.05) is 17.7 Å². The Hall–Kier alpha value is -2.17. The molecule has 9 nitrogen and oxygen atoms in total. The first kappa shape index (κ1) is 22.9. The summed E-state index contributed by atoms with van der Waals surface area (Å²) in [4.78, 5) is 16.2. The zero-order valence-corrected chi connectivity index (χ0v) is 16.5. The molecule has 0 radical (unpaired) electrons. The summed E-state index contributed by atoms with van der Waals surface area (Å²) in [5.74, 6) is -0.735. The molecule has 0 bridgehead atoms. The van der Waals surface area contributed by atoms with Gasteiger partial charge in [0.2, 0.25) is 10.0 Å². The van der Waals surface area contributed by atoms with Gasteiger partial charge in [0.15, 0.2) is 5.96 Å². The van der Waals surface area contributed by atoms with Crippen molar-refractivity contribution in [3.05, 3.63) is 29.8 Å². The average molecular weight is 401 g/mol. The third kappa shape index (κ3) is 8.85. The zero-order valence-electron chi connectivity index (χ0n) is 15.7. The van der Waals surface area contributed by atoms with Crippen LogP contribution in [0.3, 0.4) is 0 Å². The topological polar surface area (TPSA) is 146 Å². The largest absolute Gasteiger partial charge is 0.462 e. The summed E-state index contributed by atoms with van der Waals surface area (Å²) in [6.07, 6.45) is 0.592. The Balaban J connectivity index is 2.80. The quantitative estimate of drug-likeness (QED) is 0.198. The Morgan fingerprint density at radius 3 is 2.48 bits per heavy atom. The molecule has 0 saturated carbocycles. The van der Waals surface area contributed by atoms with Gasteiger partial charge in [-0.25, -0.2) is 8.42 Å². The highest BCUT2D eigenvalue weighted by molar-refractivity contribution is 7.89. The van der Waals surface area contributed by atoms with Gasteiger partial charge in [-0.05, 0) is 38.8 Å². The minimum Gasteiger partial charge on any atom is -0.462 e. The summed E-state index contributed by atoms with van der Waals surface area (Å²) in [5.41, 5.74) is 11.5. The van der Waals surface area contributed by atoms with Gasteiger partial charge in [-0.15, -0.1) is 0 Å². The Morgan fingerprint density at radius 2 is 1.89 bits per heavy atom. The van der Waals surface area contributed by atoms with E-state index in [0.717, 1.165) is 5.56 Å². The maximum atomic E-state index is 12.6. The highest BCUT2D eigenvalue weighted by Crippen LogP contribution is 2.12. The predicted molar refractivity (Wildman–Crippen MR) is 103 cm³/mol. The van der Waals surface area contributed by atoms with Crippen molar-refractivity contribution in [2.45, 2.75) is 37.6 Å². The van der Waals surface area contributed by atoms with E-state index in [-0.39, 0.29) is 37.0 Å². The number of esters is 1. The number of nitrogens with one attached hydrogen (secondary N) is 1. The molecule has 0 amide bonds. The number of carbonyl (C=O) groups is 1. The molecule has 1 aromatic carbocycles. The van der Waals surface area contributed by atoms with E-state index in [1.165, 1.54) is 12.1 Å². The van der Waals surface area contributed by atoms with E-state index in [1.54, 1.807) is 12.1 Å². The Bertz CT molecular complexity index is 715. The van der Waals surface area contributed by atoms with Crippen molar-refractivity contribution in [1.29, 1.82) is 0 Å². The van der Waals surface area contributed by atoms with Crippen LogP contribution in [0.4, 0.5) is 0 Å². The van der Waals surface area contributed by atoms with Gasteiger partial charge in [0, 0.05) is 13.2 Å². The van der Waals surface area contributed by atoms with Crippen molar-refractivity contribution in [2.75, 3.05) is 26.4 Å². The van der Waals surface area contributed by atoms with E-state index in [1.807, 2.05) is 13.8 Å². The second-order valence-corrected chi connectivity index (χ2v) is 7.51. The average Bonchev–Trinajstić information content (AvgIpc) is 2.61. The summed E-state index contributed by atoms with van der Waals surface area (Å²) in [5, 5.41) is 0. The molecule has 0 fully saturated rings. The van der Waals surface area contributed by atoms with Crippen LogP contribution in [-0.2, 0) is 24.3 Å². The summed E-state index contributed by atoms with van der Waals surface area (Å²) in [7, 11) is -3.88. The number of aliphatic imine (C=N–C) groups is 1. The van der Waals surface area contributed by atoms with Crippen LogP contribution in [-0.4, -0.2) is 52.8 Å². The Kier molecular flexibility index (Phi) is 9.76. The molecule has 1 unspecified atom stereocenters. The third-order valence-electron chi connectivity index (χ3n) is 3.53. The number of aryl methyl sites for hydroxylation is 1. The molecule has 0 aliphatic carbocycles. The molecule has 1 rings (SSSR count). The van der Waals surface area contributed by atoms with Gasteiger partial charge >= 0.3 is 5.97 Å². The van der Waals surface area contributed by atoms with Crippen LogP contribution >= 0.6 is 0 Å². The van der Waals surface area contributed by atoms with Gasteiger partial charge in [0.25, 0.3) is 0 Å². The van der Waals surface area contributed by atoms with Crippen LogP contribution in [0.25, 0.3) is 0 Å². The van der Waals surface area contributed by atoms with E-state index in [0.29, 0.717) is 13.0 Å². The summed E-state index contributed by atoms with van der Waals surface area (Å²) in [6.45, 7) is 4.74. The van der Waals surface area contributed by atoms with Crippen LogP contribution in [0.5, 0.6) is 0 Å². The molecule has 27 heavy (non-hydrogen) atoms. The fourth-order valence-corrected chi connectivity index (χ4v) is 3.37. The molecule has 152 valence electrons. The van der Waals surface area contributed by atoms with Crippen LogP contribution in [0, 0.1) is 6.92 Å². The first-order valence-corrected chi connectivity index (χ1v) is 10.1. The molecule has 0 aromatic heterocycles. The van der Waals surface area contributed by atoms with Gasteiger partial charge in [0.05, 0.1) is 11.5 Å². The lowest BCUT2D eigenvalue weighted by atomic mass is 10.2. The molecule has 0 aliphatic heterocycles. The fourth-order valence-electron chi connectivity index (χ4n) is 2.15. The third-order valence-corrected chi connectivity index (χ3v) is 5.02. The number of benzene rings is 1. The van der Waals surface area contributed by atoms with Crippen molar-refractivity contribution in [2.24, 2.45) is 16.5 Å². The Morgan fingerprint density at radius 1 is 1.22 bits per heavy atom. The van der Waals surface area contributed by atoms with E-state index in [2.05, 4.69) is 9.71 Å². The number of nitrogens with two attached hydrogens (primary N) is 2. The van der Waals surface area contributed by atoms with Crippen molar-refractivity contribution >= 4 is 22.0 Å². The molecule has 1 atom stereocenters. The highest BCUT2D eigenvalue weighted by atomic mass is 32.2. The molecule has 0 saturated heterocycles. The molecular weight excluding hydrogens is 372 g/mol. The number of hydrogen-bond acceptors (Lipinski definition) is 6. The molecule has 0 heterocycles. The lowest BCUT2D eigenvalue weighted by Gasteiger charge is -2.17. The lowest BCUT2D eigenvalue weighted by Crippen LogP contribution is -2.42. The van der Waals surface area contributed by atoms with E-state index in [9.17, 15) is 13.2 Å². The monoisotopic (exact) mass is 400 g/mol. The van der Waals surface area contributed by atoms with Crippen LogP contribution in [0.2, 0.25) is 0 Å². The number of hydrogen-bond donors (Lipinski definition) is 3. The maximum Gasteiger partial charge on any atom is 0.324 e. The number of sulfonamides is 1. The maximum absolute atomic E-state index is 12.6. The lowest BCUT2D eigenvalue weighted by molar-refractivity contribution is -0.147. The number of ether oxygens (including phenoxy) is 2. The molecule has 1 aromatic rings. The van der Waals surface area contributed by atoms with E-state index in [4.69, 9.17) is 20.9 Å². The highest BCUT2D eigenvalue weighted by Gasteiger charge is 2.26. The number of carbonyl (C=O) groups excluding carboxylic acids is 1. The van der Waals surface area contributed by atoms with Gasteiger partial charge in [0.1, 0.15) is 12.6 Å². The molecule has 0 aliphatic rings. The predicted octanol–water partition coefficient (Wildman–Crippen LogP) is 0.275. The van der Waals surface area contributed by atoms with Crippen molar-refractivity contribution in [3.63, 3.8) is 0 Å². The summed E-state index contributed by atoms with van der Waals surface area (Å²) in [6, 6.07) is 5.28. The zero-order chi connectivity index (χ0) is 20.3. The minimum atomic E-state index is -3.88. The number of nitrogens with zero attached hydrogens (tertiary/aromatic N) is 1. The van der Waals surface area contributed by atoms with E-state index < -0.39 is 22.0 Å². The number of rotatable bonds is 12. The summed E-state index contributed by atoms with van der Waals surface area (Å²) < 4.78 is 37.8. The fraction of sp³-hybridized carbons (Fsp3) is 0.529. The first-order valence-electron chi connectivity index (χ1n) is 8.65. The first-order chi connectivity index (χ1) is 12.8. The SMILES string of the molecule is CCOCCOC(=O)C(CCCN=C(N)N)NS(=O)(=O)c1ccc(C)cc1. The Labute approximate surface area is 160 Å². The molecular formula is C17H28N4O5S. The second kappa shape index (κ2) is 11.5. The van der Waals surface area contributed by atoms with Crippen molar-refractivity contribution < 1.29 is 22.7 Å². The second-order valence-electron chi connectivity index (χ2n) is 5.80. The van der Waals surface area contributed by atoms with Crippen molar-refractivity contribution in [1.82, 2.24) is 4.72 Å². The van der Waals surface area contributed by atoms with Crippen LogP contribution in [0.1, 0.15) is 25.3 Å². The van der Waals surface area contributed by atoms with Crippen LogP contribution < -0.4 is 16.2 Å². The molecule has 0 spiro atoms. The van der Waals surface area contributed by atoms with Gasteiger partial charge in [-0.3, -0.25) is 9.79 Å². The molecule has 10 heteroatoms. The van der Waals surface area contributed by atoms with Crippen LogP contribution in [0.15, 0.2) is 34.2 Å². The van der Waals surface area contributed by atoms with Gasteiger partial charge in [-0.2, -0.15) is 4.72 Å². The number of guanidine groups is 1. The minimum absolute atomic E-state index is 0.0450. The van der Waals surface area contributed by atoms with Crippen molar-refractivity contribution in [3.8, 4) is 0 Å². The smallest absolute Gasteiger partial charge is 0.324 e. The van der Waals surface area contributed by atoms with E-state index >= 15 is 0 Å². The normalized spacial score (nSPS) is 12.4. The summed E-state index contributed by atoms with van der Waals surface area (Å²) >= 11 is 0. The molecule has 5 N–H and O–H groups in total. The standard InChI is InChI=1S/C17H28N4O5S/c1-3-25-11-12-26-16(22)15(5-4-10-20-17(18)19)21-27(23,24)14-8-6-13(2)7-9-14/h6-9,15,21H,3-5,10-12H2,1-2H3,(H4,18,19,20). The van der Waals surface area contributed by atoms with Gasteiger partial charge < -0.3 is 20.9 Å².